The summed E-state index contributed by atoms with van der Waals surface area (Å²) in [6, 6.07) is 0. The van der Waals surface area contributed by atoms with Gasteiger partial charge >= 0.3 is 0 Å². The van der Waals surface area contributed by atoms with Crippen molar-refractivity contribution in [2.45, 2.75) is 59.8 Å². The van der Waals surface area contributed by atoms with Gasteiger partial charge in [-0.25, -0.2) is 0 Å². The predicted molar refractivity (Wildman–Crippen MR) is 54.5 cm³/mol. The second kappa shape index (κ2) is 3.37. The molecule has 0 bridgehead atoms. The fourth-order valence-corrected chi connectivity index (χ4v) is 0.796. The monoisotopic (exact) mass is 187 g/mol. The summed E-state index contributed by atoms with van der Waals surface area (Å²) in [5, 5.41) is 2.95. The van der Waals surface area contributed by atoms with Crippen LogP contribution in [-0.4, -0.2) is 11.3 Å². The molecule has 78 valence electrons. The van der Waals surface area contributed by atoms with Crippen molar-refractivity contribution in [3.05, 3.63) is 4.91 Å². The van der Waals surface area contributed by atoms with E-state index >= 15 is 0 Å². The van der Waals surface area contributed by atoms with Gasteiger partial charge in [-0.15, -0.1) is 4.91 Å². The fraction of sp³-hybridized carbons (Fsp3) is 1.00. The maximum absolute atomic E-state index is 10.5. The molecule has 3 nitrogen and oxygen atoms in total. The van der Waals surface area contributed by atoms with Crippen molar-refractivity contribution < 1.29 is 4.74 Å². The maximum Gasteiger partial charge on any atom is 0.194 e. The molecule has 0 fully saturated rings. The van der Waals surface area contributed by atoms with Crippen molar-refractivity contribution in [2.24, 2.45) is 10.6 Å². The van der Waals surface area contributed by atoms with Crippen LogP contribution in [0.1, 0.15) is 48.5 Å². The summed E-state index contributed by atoms with van der Waals surface area (Å²) < 4.78 is 5.66. The van der Waals surface area contributed by atoms with Gasteiger partial charge in [0.25, 0.3) is 0 Å². The minimum absolute atomic E-state index is 0.0189. The lowest BCUT2D eigenvalue weighted by atomic mass is 9.79. The third kappa shape index (κ3) is 3.43. The van der Waals surface area contributed by atoms with E-state index < -0.39 is 5.72 Å². The smallest absolute Gasteiger partial charge is 0.194 e. The number of hydrogen-bond acceptors (Lipinski definition) is 3. The molecular formula is C10H21NO2. The van der Waals surface area contributed by atoms with Crippen LogP contribution in [0.25, 0.3) is 0 Å². The van der Waals surface area contributed by atoms with E-state index in [0.717, 1.165) is 0 Å². The number of nitroso groups, excluding NO2 is 1. The van der Waals surface area contributed by atoms with E-state index in [9.17, 15) is 4.91 Å². The Balaban J connectivity index is 4.61. The molecule has 0 aliphatic heterocycles. The average molecular weight is 187 g/mol. The molecule has 0 aromatic heterocycles. The van der Waals surface area contributed by atoms with Crippen molar-refractivity contribution in [2.75, 3.05) is 0 Å². The molecule has 0 atom stereocenters. The highest BCUT2D eigenvalue weighted by molar-refractivity contribution is 4.86. The van der Waals surface area contributed by atoms with Crippen LogP contribution in [0.4, 0.5) is 0 Å². The first-order chi connectivity index (χ1) is 5.52. The van der Waals surface area contributed by atoms with E-state index in [4.69, 9.17) is 4.74 Å². The lowest BCUT2D eigenvalue weighted by molar-refractivity contribution is -0.166. The van der Waals surface area contributed by atoms with E-state index in [1.54, 1.807) is 13.8 Å². The predicted octanol–water partition coefficient (Wildman–Crippen LogP) is 3.33. The Bertz CT molecular complexity index is 190. The van der Waals surface area contributed by atoms with Gasteiger partial charge < -0.3 is 4.74 Å². The van der Waals surface area contributed by atoms with Crippen molar-refractivity contribution in [3.8, 4) is 0 Å². The topological polar surface area (TPSA) is 38.7 Å². The van der Waals surface area contributed by atoms with Crippen LogP contribution >= 0.6 is 0 Å². The van der Waals surface area contributed by atoms with Crippen LogP contribution < -0.4 is 0 Å². The zero-order valence-electron chi connectivity index (χ0n) is 9.76. The molecule has 0 rings (SSSR count). The lowest BCUT2D eigenvalue weighted by Gasteiger charge is -2.41. The molecule has 13 heavy (non-hydrogen) atoms. The highest BCUT2D eigenvalue weighted by atomic mass is 16.5. The third-order valence-corrected chi connectivity index (χ3v) is 2.53. The molecule has 0 aliphatic rings. The highest BCUT2D eigenvalue weighted by Crippen LogP contribution is 2.36. The second-order valence-corrected chi connectivity index (χ2v) is 5.40. The molecule has 0 radical (unpaired) electrons. The number of nitrogens with zero attached hydrogens (tertiary/aromatic N) is 1. The molecular weight excluding hydrogens is 166 g/mol. The molecule has 0 saturated heterocycles. The molecule has 0 N–H and O–H groups in total. The molecule has 3 heteroatoms. The van der Waals surface area contributed by atoms with Crippen molar-refractivity contribution >= 4 is 0 Å². The van der Waals surface area contributed by atoms with E-state index in [-0.39, 0.29) is 11.0 Å². The van der Waals surface area contributed by atoms with Gasteiger partial charge in [0.05, 0.1) is 5.60 Å². The van der Waals surface area contributed by atoms with Crippen LogP contribution in [0, 0.1) is 10.3 Å². The Labute approximate surface area is 80.8 Å². The van der Waals surface area contributed by atoms with Gasteiger partial charge in [-0.1, -0.05) is 20.8 Å². The van der Waals surface area contributed by atoms with Gasteiger partial charge in [0.1, 0.15) is 0 Å². The molecule has 0 amide bonds. The van der Waals surface area contributed by atoms with Crippen molar-refractivity contribution in [1.29, 1.82) is 0 Å². The first-order valence-corrected chi connectivity index (χ1v) is 4.56. The second-order valence-electron chi connectivity index (χ2n) is 5.40. The molecule has 0 aromatic rings. The third-order valence-electron chi connectivity index (χ3n) is 2.53. The summed E-state index contributed by atoms with van der Waals surface area (Å²) >= 11 is 0. The van der Waals surface area contributed by atoms with Gasteiger partial charge in [0.15, 0.2) is 5.72 Å². The molecule has 0 saturated carbocycles. The summed E-state index contributed by atoms with van der Waals surface area (Å²) in [6.07, 6.45) is 0. The first kappa shape index (κ1) is 12.6. The van der Waals surface area contributed by atoms with Gasteiger partial charge in [0.2, 0.25) is 0 Å². The summed E-state index contributed by atoms with van der Waals surface area (Å²) in [7, 11) is 0. The van der Waals surface area contributed by atoms with Gasteiger partial charge in [-0.3, -0.25) is 0 Å². The summed E-state index contributed by atoms with van der Waals surface area (Å²) in [6.45, 7) is 13.5. The largest absolute Gasteiger partial charge is 0.344 e. The zero-order chi connectivity index (χ0) is 10.9. The first-order valence-electron chi connectivity index (χ1n) is 4.56. The van der Waals surface area contributed by atoms with Crippen LogP contribution in [0.2, 0.25) is 0 Å². The quantitative estimate of drug-likeness (QED) is 0.636. The van der Waals surface area contributed by atoms with Crippen LogP contribution in [0.5, 0.6) is 0 Å². The summed E-state index contributed by atoms with van der Waals surface area (Å²) in [4.78, 5) is 10.5. The van der Waals surface area contributed by atoms with Gasteiger partial charge in [-0.2, -0.15) is 0 Å². The van der Waals surface area contributed by atoms with E-state index in [2.05, 4.69) is 25.9 Å². The summed E-state index contributed by atoms with van der Waals surface area (Å²) in [5.41, 5.74) is -1.34. The fourth-order valence-electron chi connectivity index (χ4n) is 0.796. The highest BCUT2D eigenvalue weighted by Gasteiger charge is 2.39. The van der Waals surface area contributed by atoms with Gasteiger partial charge in [-0.05, 0) is 38.3 Å². The number of hydrogen-bond donors (Lipinski definition) is 0. The standard InChI is InChI=1S/C10H21NO2/c1-8(2,3)9(4,5)13-10(6,7)11-12/h1-7H3. The molecule has 0 aliphatic carbocycles. The Hall–Kier alpha value is -0.440. The van der Waals surface area contributed by atoms with E-state index in [1.165, 1.54) is 0 Å². The SMILES string of the molecule is CC(C)(N=O)OC(C)(C)C(C)(C)C. The minimum atomic E-state index is -0.948. The Morgan fingerprint density at radius 1 is 0.923 bits per heavy atom. The summed E-state index contributed by atoms with van der Waals surface area (Å²) in [5.74, 6) is 0. The molecule has 0 spiro atoms. The average Bonchev–Trinajstić information content (AvgIpc) is 1.83. The lowest BCUT2D eigenvalue weighted by Crippen LogP contribution is -2.45. The molecule has 0 unspecified atom stereocenters. The minimum Gasteiger partial charge on any atom is -0.344 e. The Morgan fingerprint density at radius 3 is 1.54 bits per heavy atom. The van der Waals surface area contributed by atoms with Crippen LogP contribution in [0.15, 0.2) is 5.18 Å². The van der Waals surface area contributed by atoms with E-state index in [1.807, 2.05) is 13.8 Å². The molecule has 0 aromatic carbocycles. The van der Waals surface area contributed by atoms with Crippen LogP contribution in [0.3, 0.4) is 0 Å². The van der Waals surface area contributed by atoms with Crippen LogP contribution in [-0.2, 0) is 4.74 Å². The van der Waals surface area contributed by atoms with E-state index in [0.29, 0.717) is 0 Å². The normalized spacial score (nSPS) is 14.4. The Morgan fingerprint density at radius 2 is 1.31 bits per heavy atom. The maximum atomic E-state index is 10.5. The number of ether oxygens (including phenoxy) is 1. The zero-order valence-corrected chi connectivity index (χ0v) is 9.76. The van der Waals surface area contributed by atoms with Crippen molar-refractivity contribution in [1.82, 2.24) is 0 Å². The molecule has 0 heterocycles. The number of rotatable bonds is 3. The van der Waals surface area contributed by atoms with Gasteiger partial charge in [0, 0.05) is 0 Å². The Kier molecular flexibility index (Phi) is 3.26. The van der Waals surface area contributed by atoms with Crippen molar-refractivity contribution in [3.63, 3.8) is 0 Å².